The van der Waals surface area contributed by atoms with E-state index in [4.69, 9.17) is 4.74 Å². The molecular formula is C26H25FN2O3S. The van der Waals surface area contributed by atoms with E-state index in [9.17, 15) is 14.0 Å². The van der Waals surface area contributed by atoms with Gasteiger partial charge in [0.1, 0.15) is 24.7 Å². The lowest BCUT2D eigenvalue weighted by molar-refractivity contribution is -0.135. The average Bonchev–Trinajstić information content (AvgIpc) is 3.31. The minimum atomic E-state index is -0.495. The molecule has 1 atom stereocenters. The maximum atomic E-state index is 13.6. The van der Waals surface area contributed by atoms with Crippen molar-refractivity contribution in [2.75, 3.05) is 26.2 Å². The molecule has 0 radical (unpaired) electrons. The predicted octanol–water partition coefficient (Wildman–Crippen LogP) is 4.72. The second-order valence-electron chi connectivity index (χ2n) is 7.76. The van der Waals surface area contributed by atoms with Gasteiger partial charge in [-0.25, -0.2) is 4.39 Å². The van der Waals surface area contributed by atoms with E-state index in [2.05, 4.69) is 6.58 Å². The van der Waals surface area contributed by atoms with Gasteiger partial charge in [-0.05, 0) is 53.8 Å². The second kappa shape index (κ2) is 10.4. The standard InChI is InChI=1S/C26H25FN2O3S/c1-2-13-28(26(31)19-7-6-8-20(27)16-19)17-25(30)29-14-11-24-22(12-15-33-24)23(29)18-32-21-9-4-3-5-10-21/h2-10,12,15-16,23H,1,11,13-14,17-18H2/t23-/m1/s1. The molecule has 1 aliphatic heterocycles. The van der Waals surface area contributed by atoms with Gasteiger partial charge in [-0.3, -0.25) is 9.59 Å². The minimum absolute atomic E-state index is 0.122. The molecule has 0 N–H and O–H groups in total. The van der Waals surface area contributed by atoms with Gasteiger partial charge in [-0.2, -0.15) is 0 Å². The number of carbonyl (C=O) groups is 2. The number of benzene rings is 2. The first-order valence-electron chi connectivity index (χ1n) is 10.8. The summed E-state index contributed by atoms with van der Waals surface area (Å²) in [5.74, 6) is -0.347. The fourth-order valence-corrected chi connectivity index (χ4v) is 4.93. The van der Waals surface area contributed by atoms with Crippen molar-refractivity contribution in [3.05, 3.63) is 101 Å². The number of halogens is 1. The fourth-order valence-electron chi connectivity index (χ4n) is 4.00. The molecule has 33 heavy (non-hydrogen) atoms. The number of hydrogen-bond donors (Lipinski definition) is 0. The highest BCUT2D eigenvalue weighted by Crippen LogP contribution is 2.34. The van der Waals surface area contributed by atoms with Gasteiger partial charge in [0.15, 0.2) is 0 Å². The summed E-state index contributed by atoms with van der Waals surface area (Å²) in [6.45, 7) is 4.63. The van der Waals surface area contributed by atoms with Crippen LogP contribution < -0.4 is 4.74 Å². The summed E-state index contributed by atoms with van der Waals surface area (Å²) < 4.78 is 19.6. The highest BCUT2D eigenvalue weighted by atomic mass is 32.1. The number of rotatable bonds is 8. The highest BCUT2D eigenvalue weighted by molar-refractivity contribution is 7.10. The Morgan fingerprint density at radius 2 is 2.00 bits per heavy atom. The van der Waals surface area contributed by atoms with Crippen LogP contribution in [0.15, 0.2) is 78.7 Å². The summed E-state index contributed by atoms with van der Waals surface area (Å²) in [5, 5.41) is 2.03. The normalized spacial score (nSPS) is 14.9. The third-order valence-corrected chi connectivity index (χ3v) is 6.60. The molecular weight excluding hydrogens is 439 g/mol. The molecule has 5 nitrogen and oxygen atoms in total. The van der Waals surface area contributed by atoms with Crippen molar-refractivity contribution in [2.24, 2.45) is 0 Å². The Labute approximate surface area is 196 Å². The summed E-state index contributed by atoms with van der Waals surface area (Å²) in [5.41, 5.74) is 1.29. The zero-order valence-electron chi connectivity index (χ0n) is 18.2. The molecule has 2 aromatic carbocycles. The number of nitrogens with zero attached hydrogens (tertiary/aromatic N) is 2. The molecule has 7 heteroatoms. The fraction of sp³-hybridized carbons (Fsp3) is 0.231. The molecule has 0 saturated heterocycles. The predicted molar refractivity (Wildman–Crippen MR) is 127 cm³/mol. The van der Waals surface area contributed by atoms with Gasteiger partial charge in [-0.15, -0.1) is 17.9 Å². The first-order valence-corrected chi connectivity index (χ1v) is 11.6. The first-order chi connectivity index (χ1) is 16.1. The lowest BCUT2D eigenvalue weighted by Gasteiger charge is -2.37. The number of fused-ring (bicyclic) bond motifs is 1. The van der Waals surface area contributed by atoms with E-state index < -0.39 is 11.7 Å². The van der Waals surface area contributed by atoms with Crippen LogP contribution in [0.5, 0.6) is 5.75 Å². The van der Waals surface area contributed by atoms with Crippen LogP contribution in [0.4, 0.5) is 4.39 Å². The Morgan fingerprint density at radius 3 is 2.76 bits per heavy atom. The molecule has 0 fully saturated rings. The molecule has 0 aliphatic carbocycles. The summed E-state index contributed by atoms with van der Waals surface area (Å²) in [6, 6.07) is 16.8. The Kier molecular flexibility index (Phi) is 7.19. The van der Waals surface area contributed by atoms with Gasteiger partial charge in [0.25, 0.3) is 5.91 Å². The second-order valence-corrected chi connectivity index (χ2v) is 8.76. The zero-order chi connectivity index (χ0) is 23.2. The summed E-state index contributed by atoms with van der Waals surface area (Å²) >= 11 is 1.68. The number of hydrogen-bond acceptors (Lipinski definition) is 4. The van der Waals surface area contributed by atoms with Crippen LogP contribution in [0.2, 0.25) is 0 Å². The van der Waals surface area contributed by atoms with Crippen molar-refractivity contribution in [2.45, 2.75) is 12.5 Å². The Morgan fingerprint density at radius 1 is 1.18 bits per heavy atom. The molecule has 0 bridgehead atoms. The summed E-state index contributed by atoms with van der Waals surface area (Å²) in [6.07, 6.45) is 2.33. The molecule has 0 spiro atoms. The summed E-state index contributed by atoms with van der Waals surface area (Å²) in [4.78, 5) is 30.8. The monoisotopic (exact) mass is 464 g/mol. The number of para-hydroxylation sites is 1. The lowest BCUT2D eigenvalue weighted by Crippen LogP contribution is -2.47. The van der Waals surface area contributed by atoms with Crippen molar-refractivity contribution < 1.29 is 18.7 Å². The number of amides is 2. The third-order valence-electron chi connectivity index (χ3n) is 5.60. The van der Waals surface area contributed by atoms with Crippen LogP contribution in [0.25, 0.3) is 0 Å². The van der Waals surface area contributed by atoms with E-state index in [0.29, 0.717) is 13.2 Å². The molecule has 4 rings (SSSR count). The van der Waals surface area contributed by atoms with Crippen molar-refractivity contribution in [1.29, 1.82) is 0 Å². The Hall–Kier alpha value is -3.45. The SMILES string of the molecule is C=CCN(CC(=O)N1CCc2sccc2[C@H]1COc1ccccc1)C(=O)c1cccc(F)c1. The van der Waals surface area contributed by atoms with Crippen LogP contribution in [0.3, 0.4) is 0 Å². The van der Waals surface area contributed by atoms with Crippen LogP contribution in [-0.4, -0.2) is 47.9 Å². The lowest BCUT2D eigenvalue weighted by atomic mass is 10.0. The van der Waals surface area contributed by atoms with Crippen molar-refractivity contribution >= 4 is 23.2 Å². The summed E-state index contributed by atoms with van der Waals surface area (Å²) in [7, 11) is 0. The Bertz CT molecular complexity index is 1130. The van der Waals surface area contributed by atoms with Crippen LogP contribution in [0.1, 0.15) is 26.8 Å². The maximum Gasteiger partial charge on any atom is 0.254 e. The topological polar surface area (TPSA) is 49.9 Å². The van der Waals surface area contributed by atoms with E-state index in [1.807, 2.05) is 41.8 Å². The molecule has 3 aromatic rings. The smallest absolute Gasteiger partial charge is 0.254 e. The van der Waals surface area contributed by atoms with E-state index in [-0.39, 0.29) is 30.6 Å². The van der Waals surface area contributed by atoms with Crippen LogP contribution >= 0.6 is 11.3 Å². The van der Waals surface area contributed by atoms with Crippen molar-refractivity contribution in [1.82, 2.24) is 9.80 Å². The van der Waals surface area contributed by atoms with Crippen molar-refractivity contribution in [3.63, 3.8) is 0 Å². The molecule has 1 aliphatic rings. The van der Waals surface area contributed by atoms with Gasteiger partial charge in [0.2, 0.25) is 5.91 Å². The molecule has 0 unspecified atom stereocenters. The average molecular weight is 465 g/mol. The Balaban J connectivity index is 1.52. The van der Waals surface area contributed by atoms with E-state index >= 15 is 0 Å². The molecule has 170 valence electrons. The van der Waals surface area contributed by atoms with E-state index in [1.54, 1.807) is 28.4 Å². The van der Waals surface area contributed by atoms with E-state index in [1.165, 1.54) is 28.0 Å². The van der Waals surface area contributed by atoms with Gasteiger partial charge >= 0.3 is 0 Å². The largest absolute Gasteiger partial charge is 0.491 e. The van der Waals surface area contributed by atoms with Crippen LogP contribution in [-0.2, 0) is 11.2 Å². The molecule has 2 amide bonds. The van der Waals surface area contributed by atoms with Gasteiger partial charge in [-0.1, -0.05) is 30.3 Å². The number of ether oxygens (including phenoxy) is 1. The number of carbonyl (C=O) groups excluding carboxylic acids is 2. The van der Waals surface area contributed by atoms with Crippen LogP contribution in [0, 0.1) is 5.82 Å². The number of thiophene rings is 1. The zero-order valence-corrected chi connectivity index (χ0v) is 19.0. The van der Waals surface area contributed by atoms with Gasteiger partial charge in [0, 0.05) is 23.5 Å². The minimum Gasteiger partial charge on any atom is -0.491 e. The molecule has 0 saturated carbocycles. The molecule has 1 aromatic heterocycles. The van der Waals surface area contributed by atoms with Crippen molar-refractivity contribution in [3.8, 4) is 5.75 Å². The third kappa shape index (κ3) is 5.31. The molecule has 2 heterocycles. The van der Waals surface area contributed by atoms with Gasteiger partial charge < -0.3 is 14.5 Å². The maximum absolute atomic E-state index is 13.6. The highest BCUT2D eigenvalue weighted by Gasteiger charge is 2.33. The van der Waals surface area contributed by atoms with E-state index in [0.717, 1.165) is 17.7 Å². The van der Waals surface area contributed by atoms with Gasteiger partial charge in [0.05, 0.1) is 6.04 Å². The first kappa shape index (κ1) is 22.7. The quantitative estimate of drug-likeness (QED) is 0.453.